The van der Waals surface area contributed by atoms with E-state index >= 15 is 0 Å². The summed E-state index contributed by atoms with van der Waals surface area (Å²) in [5.74, 6) is 0.897. The molecule has 3 heteroatoms. The van der Waals surface area contributed by atoms with Gasteiger partial charge in [0.15, 0.2) is 0 Å². The summed E-state index contributed by atoms with van der Waals surface area (Å²) in [6, 6.07) is 31.9. The van der Waals surface area contributed by atoms with E-state index in [4.69, 9.17) is 4.99 Å². The van der Waals surface area contributed by atoms with E-state index in [0.717, 1.165) is 35.9 Å². The van der Waals surface area contributed by atoms with Gasteiger partial charge in [0.25, 0.3) is 0 Å². The summed E-state index contributed by atoms with van der Waals surface area (Å²) in [5, 5.41) is 5.92. The van der Waals surface area contributed by atoms with Gasteiger partial charge in [-0.1, -0.05) is 54.6 Å². The second-order valence-corrected chi connectivity index (χ2v) is 7.31. The predicted octanol–water partition coefficient (Wildman–Crippen LogP) is 6.37. The van der Waals surface area contributed by atoms with Gasteiger partial charge in [0.05, 0.1) is 5.69 Å². The quantitative estimate of drug-likeness (QED) is 0.437. The molecule has 0 aromatic heterocycles. The number of benzene rings is 4. The molecule has 0 atom stereocenters. The Labute approximate surface area is 171 Å². The molecule has 1 heterocycles. The average Bonchev–Trinajstić information content (AvgIpc) is 2.79. The Morgan fingerprint density at radius 3 is 2.31 bits per heavy atom. The van der Waals surface area contributed by atoms with E-state index in [1.807, 2.05) is 0 Å². The van der Waals surface area contributed by atoms with Crippen molar-refractivity contribution in [3.05, 3.63) is 102 Å². The largest absolute Gasteiger partial charge is 0.367 e. The number of amidine groups is 1. The first-order chi connectivity index (χ1) is 14.3. The van der Waals surface area contributed by atoms with Crippen molar-refractivity contribution in [3.63, 3.8) is 0 Å². The molecule has 29 heavy (non-hydrogen) atoms. The molecule has 4 aromatic carbocycles. The monoisotopic (exact) mass is 377 g/mol. The molecule has 0 spiro atoms. The van der Waals surface area contributed by atoms with Gasteiger partial charge < -0.3 is 10.2 Å². The molecular weight excluding hydrogens is 354 g/mol. The molecule has 0 amide bonds. The summed E-state index contributed by atoms with van der Waals surface area (Å²) >= 11 is 0. The Bertz CT molecular complexity index is 1170. The number of nitrogens with zero attached hydrogens (tertiary/aromatic N) is 2. The van der Waals surface area contributed by atoms with Crippen LogP contribution in [0.5, 0.6) is 0 Å². The van der Waals surface area contributed by atoms with Crippen molar-refractivity contribution in [2.75, 3.05) is 16.8 Å². The molecule has 4 aromatic rings. The summed E-state index contributed by atoms with van der Waals surface area (Å²) in [5.41, 5.74) is 5.78. The predicted molar refractivity (Wildman–Crippen MR) is 123 cm³/mol. The van der Waals surface area contributed by atoms with Gasteiger partial charge >= 0.3 is 0 Å². The maximum absolute atomic E-state index is 4.89. The van der Waals surface area contributed by atoms with Gasteiger partial charge in [-0.15, -0.1) is 0 Å². The third kappa shape index (κ3) is 3.36. The van der Waals surface area contributed by atoms with Gasteiger partial charge in [-0.3, -0.25) is 0 Å². The Balaban J connectivity index is 1.43. The fourth-order valence-corrected chi connectivity index (χ4v) is 3.95. The lowest BCUT2D eigenvalue weighted by molar-refractivity contribution is 0.832. The molecule has 0 bridgehead atoms. The van der Waals surface area contributed by atoms with Crippen LogP contribution in [-0.4, -0.2) is 12.4 Å². The number of rotatable bonds is 5. The number of hydrogen-bond donors (Lipinski definition) is 1. The second kappa shape index (κ2) is 7.44. The highest BCUT2D eigenvalue weighted by Crippen LogP contribution is 2.36. The summed E-state index contributed by atoms with van der Waals surface area (Å²) in [4.78, 5) is 7.27. The fraction of sp³-hybridized carbons (Fsp3) is 0.115. The minimum atomic E-state index is 0.897. The molecule has 142 valence electrons. The van der Waals surface area contributed by atoms with Crippen LogP contribution < -0.4 is 10.2 Å². The number of anilines is 2. The zero-order valence-corrected chi connectivity index (χ0v) is 16.5. The third-order valence-electron chi connectivity index (χ3n) is 5.47. The second-order valence-electron chi connectivity index (χ2n) is 7.31. The molecule has 1 aliphatic rings. The van der Waals surface area contributed by atoms with E-state index in [1.165, 1.54) is 22.0 Å². The number of aliphatic imine (C=N–C) groups is 1. The molecule has 0 unspecified atom stereocenters. The minimum Gasteiger partial charge on any atom is -0.367 e. The fourth-order valence-electron chi connectivity index (χ4n) is 3.95. The summed E-state index contributed by atoms with van der Waals surface area (Å²) < 4.78 is 0. The number of nitrogens with one attached hydrogen (secondary N) is 1. The zero-order chi connectivity index (χ0) is 19.6. The highest BCUT2D eigenvalue weighted by Gasteiger charge is 2.15. The molecule has 0 radical (unpaired) electrons. The van der Waals surface area contributed by atoms with Crippen LogP contribution in [0, 0.1) is 0 Å². The van der Waals surface area contributed by atoms with Crippen molar-refractivity contribution in [2.45, 2.75) is 13.5 Å². The van der Waals surface area contributed by atoms with Crippen molar-refractivity contribution < 1.29 is 0 Å². The topological polar surface area (TPSA) is 27.6 Å². The van der Waals surface area contributed by atoms with Crippen LogP contribution in [0.2, 0.25) is 0 Å². The van der Waals surface area contributed by atoms with Crippen LogP contribution in [0.4, 0.5) is 17.1 Å². The normalized spacial score (nSPS) is 12.4. The van der Waals surface area contributed by atoms with Gasteiger partial charge in [-0.25, -0.2) is 4.99 Å². The highest BCUT2D eigenvalue weighted by molar-refractivity contribution is 6.19. The molecular formula is C26H23N3. The first-order valence-corrected chi connectivity index (χ1v) is 10.1. The van der Waals surface area contributed by atoms with E-state index in [0.29, 0.717) is 0 Å². The van der Waals surface area contributed by atoms with E-state index in [-0.39, 0.29) is 0 Å². The maximum atomic E-state index is 4.89. The lowest BCUT2D eigenvalue weighted by Crippen LogP contribution is -2.22. The molecule has 0 aliphatic carbocycles. The van der Waals surface area contributed by atoms with E-state index in [2.05, 4.69) is 108 Å². The summed E-state index contributed by atoms with van der Waals surface area (Å²) in [7, 11) is 0. The van der Waals surface area contributed by atoms with Crippen LogP contribution in [0.15, 0.2) is 96.0 Å². The van der Waals surface area contributed by atoms with Crippen molar-refractivity contribution >= 4 is 33.7 Å². The maximum Gasteiger partial charge on any atom is 0.138 e. The standard InChI is InChI=1S/C26H23N3/c1-2-29(18-19-8-4-3-5-9-19)22-16-14-21(15-17-22)26-27-23-12-6-10-20-11-7-13-24(28-26)25(20)23/h3-17H,2,18H2,1H3,(H,27,28). The summed E-state index contributed by atoms with van der Waals surface area (Å²) in [6.45, 7) is 4.06. The van der Waals surface area contributed by atoms with Gasteiger partial charge in [-0.2, -0.15) is 0 Å². The van der Waals surface area contributed by atoms with Gasteiger partial charge in [0.1, 0.15) is 5.84 Å². The van der Waals surface area contributed by atoms with Crippen LogP contribution in [0.1, 0.15) is 18.1 Å². The van der Waals surface area contributed by atoms with Crippen LogP contribution in [-0.2, 0) is 6.54 Å². The van der Waals surface area contributed by atoms with Crippen LogP contribution in [0.25, 0.3) is 10.8 Å². The third-order valence-corrected chi connectivity index (χ3v) is 5.47. The Morgan fingerprint density at radius 1 is 0.793 bits per heavy atom. The Morgan fingerprint density at radius 2 is 1.55 bits per heavy atom. The van der Waals surface area contributed by atoms with Gasteiger partial charge in [-0.05, 0) is 54.3 Å². The van der Waals surface area contributed by atoms with Crippen molar-refractivity contribution in [3.8, 4) is 0 Å². The lowest BCUT2D eigenvalue weighted by atomic mass is 10.0. The van der Waals surface area contributed by atoms with Crippen molar-refractivity contribution in [1.29, 1.82) is 0 Å². The van der Waals surface area contributed by atoms with Crippen molar-refractivity contribution in [1.82, 2.24) is 0 Å². The van der Waals surface area contributed by atoms with Gasteiger partial charge in [0, 0.05) is 35.4 Å². The zero-order valence-electron chi connectivity index (χ0n) is 16.5. The number of hydrogen-bond acceptors (Lipinski definition) is 3. The van der Waals surface area contributed by atoms with E-state index in [1.54, 1.807) is 0 Å². The van der Waals surface area contributed by atoms with E-state index < -0.39 is 0 Å². The molecule has 0 fully saturated rings. The van der Waals surface area contributed by atoms with Crippen LogP contribution >= 0.6 is 0 Å². The first-order valence-electron chi connectivity index (χ1n) is 10.1. The smallest absolute Gasteiger partial charge is 0.138 e. The minimum absolute atomic E-state index is 0.897. The van der Waals surface area contributed by atoms with Crippen LogP contribution in [0.3, 0.4) is 0 Å². The molecule has 5 rings (SSSR count). The first kappa shape index (κ1) is 17.5. The average molecular weight is 377 g/mol. The SMILES string of the molecule is CCN(Cc1ccccc1)c1ccc(C2=Nc3cccc4cccc(c34)N2)cc1. The molecule has 0 saturated heterocycles. The highest BCUT2D eigenvalue weighted by atomic mass is 15.1. The Hall–Kier alpha value is -3.59. The molecule has 0 saturated carbocycles. The van der Waals surface area contributed by atoms with Gasteiger partial charge in [0.2, 0.25) is 0 Å². The molecule has 1 aliphatic heterocycles. The van der Waals surface area contributed by atoms with E-state index in [9.17, 15) is 0 Å². The summed E-state index contributed by atoms with van der Waals surface area (Å²) in [6.07, 6.45) is 0. The Kier molecular flexibility index (Phi) is 4.49. The molecule has 1 N–H and O–H groups in total. The lowest BCUT2D eigenvalue weighted by Gasteiger charge is -2.24. The van der Waals surface area contributed by atoms with Crippen molar-refractivity contribution in [2.24, 2.45) is 4.99 Å². The molecule has 3 nitrogen and oxygen atoms in total.